The molecular weight excluding hydrogens is 342 g/mol. The molecule has 3 aromatic rings. The zero-order valence-corrected chi connectivity index (χ0v) is 16.0. The highest BCUT2D eigenvalue weighted by Gasteiger charge is 2.56. The molecule has 1 aliphatic heterocycles. The molecule has 1 atom stereocenters. The van der Waals surface area contributed by atoms with E-state index < -0.39 is 0 Å². The number of fused-ring (bicyclic) bond motifs is 1. The van der Waals surface area contributed by atoms with E-state index in [4.69, 9.17) is 0 Å². The van der Waals surface area contributed by atoms with Gasteiger partial charge in [-0.15, -0.1) is 11.3 Å². The second-order valence-electron chi connectivity index (χ2n) is 7.87. The Balaban J connectivity index is 1.19. The molecule has 0 unspecified atom stereocenters. The minimum Gasteiger partial charge on any atom is -0.303 e. The average molecular weight is 368 g/mol. The second-order valence-corrected chi connectivity index (χ2v) is 8.85. The van der Waals surface area contributed by atoms with Crippen molar-refractivity contribution in [2.45, 2.75) is 38.4 Å². The van der Waals surface area contributed by atoms with Crippen molar-refractivity contribution >= 4 is 17.0 Å². The number of pyridine rings is 1. The number of rotatable bonds is 5. The topological polar surface area (TPSA) is 36.7 Å². The summed E-state index contributed by atoms with van der Waals surface area (Å²) in [5, 5.41) is 3.31. The van der Waals surface area contributed by atoms with Crippen LogP contribution in [0.1, 0.15) is 30.0 Å². The van der Waals surface area contributed by atoms with Gasteiger partial charge in [0.05, 0.1) is 6.54 Å². The van der Waals surface area contributed by atoms with Crippen LogP contribution < -0.4 is 0 Å². The van der Waals surface area contributed by atoms with Gasteiger partial charge in [-0.2, -0.15) is 0 Å². The van der Waals surface area contributed by atoms with Crippen molar-refractivity contribution in [2.24, 2.45) is 5.41 Å². The largest absolute Gasteiger partial charge is 0.303 e. The number of imidazole rings is 1. The number of nitrogens with zero attached hydrogens (tertiary/aromatic N) is 5. The maximum Gasteiger partial charge on any atom is 0.136 e. The molecule has 0 aromatic carbocycles. The third-order valence-corrected chi connectivity index (χ3v) is 7.06. The monoisotopic (exact) mass is 367 g/mol. The van der Waals surface area contributed by atoms with Crippen LogP contribution in [0.4, 0.5) is 0 Å². The fraction of sp³-hybridized carbons (Fsp3) is 0.500. The number of thiazole rings is 1. The van der Waals surface area contributed by atoms with Gasteiger partial charge in [0.1, 0.15) is 10.7 Å². The van der Waals surface area contributed by atoms with Crippen LogP contribution in [0.15, 0.2) is 42.2 Å². The van der Waals surface area contributed by atoms with Crippen LogP contribution >= 0.6 is 11.3 Å². The van der Waals surface area contributed by atoms with Crippen LogP contribution in [0.25, 0.3) is 5.65 Å². The normalized spacial score (nSPS) is 22.5. The van der Waals surface area contributed by atoms with Crippen LogP contribution in [0.3, 0.4) is 0 Å². The highest BCUT2D eigenvalue weighted by molar-refractivity contribution is 7.09. The molecule has 0 bridgehead atoms. The Morgan fingerprint density at radius 3 is 2.92 bits per heavy atom. The average Bonchev–Trinajstić information content (AvgIpc) is 3.03. The molecule has 1 spiro atoms. The first-order valence-corrected chi connectivity index (χ1v) is 10.3. The molecule has 26 heavy (non-hydrogen) atoms. The molecule has 2 aliphatic rings. The predicted molar refractivity (Wildman–Crippen MR) is 104 cm³/mol. The molecule has 0 N–H and O–H groups in total. The van der Waals surface area contributed by atoms with Gasteiger partial charge in [0.15, 0.2) is 0 Å². The van der Waals surface area contributed by atoms with Crippen molar-refractivity contribution in [2.75, 3.05) is 20.1 Å². The lowest BCUT2D eigenvalue weighted by molar-refractivity contribution is 0.138. The van der Waals surface area contributed by atoms with E-state index in [1.165, 1.54) is 43.1 Å². The van der Waals surface area contributed by atoms with Crippen molar-refractivity contribution in [3.8, 4) is 0 Å². The zero-order valence-electron chi connectivity index (χ0n) is 15.2. The summed E-state index contributed by atoms with van der Waals surface area (Å²) in [7, 11) is 2.27. The van der Waals surface area contributed by atoms with E-state index in [0.29, 0.717) is 5.41 Å². The maximum absolute atomic E-state index is 4.44. The van der Waals surface area contributed by atoms with Gasteiger partial charge in [0.25, 0.3) is 0 Å². The summed E-state index contributed by atoms with van der Waals surface area (Å²) in [6, 6.07) is 7.15. The van der Waals surface area contributed by atoms with E-state index in [1.807, 2.05) is 12.4 Å². The summed E-state index contributed by atoms with van der Waals surface area (Å²) in [6.07, 6.45) is 9.87. The van der Waals surface area contributed by atoms with E-state index in [1.54, 1.807) is 11.3 Å². The summed E-state index contributed by atoms with van der Waals surface area (Å²) < 4.78 is 2.21. The summed E-state index contributed by atoms with van der Waals surface area (Å²) in [5.74, 6) is 0. The summed E-state index contributed by atoms with van der Waals surface area (Å²) in [5.41, 5.74) is 2.94. The standard InChI is InChI=1S/C20H25N5S/c1-23(15-19-22-8-12-26-19)17-13-20(17)5-9-24(10-6-20)14-16-3-2-4-18-21-7-11-25(16)18/h2-4,7-8,11-12,17H,5-6,9-10,13-15H2,1H3/t17-/m1/s1. The molecule has 6 heteroatoms. The Labute approximate surface area is 158 Å². The molecule has 1 saturated heterocycles. The molecule has 5 nitrogen and oxygen atoms in total. The summed E-state index contributed by atoms with van der Waals surface area (Å²) >= 11 is 1.77. The van der Waals surface area contributed by atoms with Gasteiger partial charge >= 0.3 is 0 Å². The van der Waals surface area contributed by atoms with Crippen LogP contribution in [0.5, 0.6) is 0 Å². The first-order valence-electron chi connectivity index (χ1n) is 9.45. The minimum atomic E-state index is 0.559. The molecule has 3 aromatic heterocycles. The smallest absolute Gasteiger partial charge is 0.136 e. The molecule has 4 heterocycles. The van der Waals surface area contributed by atoms with Crippen molar-refractivity contribution in [1.29, 1.82) is 0 Å². The Bertz CT molecular complexity index is 879. The van der Waals surface area contributed by atoms with Crippen molar-refractivity contribution < 1.29 is 0 Å². The molecule has 1 saturated carbocycles. The number of piperidine rings is 1. The third kappa shape index (κ3) is 2.96. The number of hydrogen-bond donors (Lipinski definition) is 0. The second kappa shape index (κ2) is 6.44. The van der Waals surface area contributed by atoms with Gasteiger partial charge in [0, 0.05) is 42.3 Å². The Kier molecular flexibility index (Phi) is 4.07. The van der Waals surface area contributed by atoms with Crippen LogP contribution in [0, 0.1) is 5.41 Å². The SMILES string of the molecule is CN(Cc1nccs1)[C@@H]1CC12CCN(Cc1cccc3nccn13)CC2. The Morgan fingerprint density at radius 1 is 1.23 bits per heavy atom. The number of hydrogen-bond acceptors (Lipinski definition) is 5. The van der Waals surface area contributed by atoms with Gasteiger partial charge in [-0.1, -0.05) is 6.07 Å². The van der Waals surface area contributed by atoms with Crippen LogP contribution in [-0.2, 0) is 13.1 Å². The zero-order chi connectivity index (χ0) is 17.6. The summed E-state index contributed by atoms with van der Waals surface area (Å²) in [4.78, 5) is 14.0. The number of likely N-dealkylation sites (tertiary alicyclic amines) is 1. The van der Waals surface area contributed by atoms with Gasteiger partial charge in [-0.05, 0) is 56.9 Å². The highest BCUT2D eigenvalue weighted by Crippen LogP contribution is 2.56. The van der Waals surface area contributed by atoms with E-state index in [2.05, 4.69) is 61.0 Å². The van der Waals surface area contributed by atoms with Gasteiger partial charge in [-0.25, -0.2) is 9.97 Å². The van der Waals surface area contributed by atoms with E-state index in [0.717, 1.165) is 24.8 Å². The van der Waals surface area contributed by atoms with Crippen molar-refractivity contribution in [3.05, 3.63) is 52.9 Å². The third-order valence-electron chi connectivity index (χ3n) is 6.30. The van der Waals surface area contributed by atoms with Gasteiger partial charge in [0.2, 0.25) is 0 Å². The lowest BCUT2D eigenvalue weighted by Gasteiger charge is -2.34. The molecule has 0 amide bonds. The van der Waals surface area contributed by atoms with Gasteiger partial charge in [-0.3, -0.25) is 9.80 Å². The van der Waals surface area contributed by atoms with E-state index in [9.17, 15) is 0 Å². The fourth-order valence-corrected chi connectivity index (χ4v) is 5.34. The van der Waals surface area contributed by atoms with Crippen molar-refractivity contribution in [1.82, 2.24) is 24.2 Å². The Hall–Kier alpha value is -1.76. The number of aromatic nitrogens is 3. The quantitative estimate of drug-likeness (QED) is 0.693. The molecular formula is C20H25N5S. The summed E-state index contributed by atoms with van der Waals surface area (Å²) in [6.45, 7) is 4.42. The van der Waals surface area contributed by atoms with Gasteiger partial charge < -0.3 is 4.40 Å². The molecule has 136 valence electrons. The lowest BCUT2D eigenvalue weighted by atomic mass is 9.92. The highest BCUT2D eigenvalue weighted by atomic mass is 32.1. The predicted octanol–water partition coefficient (Wildman–Crippen LogP) is 3.28. The van der Waals surface area contributed by atoms with Crippen molar-refractivity contribution in [3.63, 3.8) is 0 Å². The first-order chi connectivity index (χ1) is 12.7. The van der Waals surface area contributed by atoms with Crippen LogP contribution in [-0.4, -0.2) is 50.3 Å². The van der Waals surface area contributed by atoms with E-state index >= 15 is 0 Å². The maximum atomic E-state index is 4.44. The molecule has 5 rings (SSSR count). The molecule has 2 fully saturated rings. The molecule has 1 aliphatic carbocycles. The Morgan fingerprint density at radius 2 is 2.12 bits per heavy atom. The minimum absolute atomic E-state index is 0.559. The first kappa shape index (κ1) is 16.4. The van der Waals surface area contributed by atoms with E-state index in [-0.39, 0.29) is 0 Å². The van der Waals surface area contributed by atoms with Crippen LogP contribution in [0.2, 0.25) is 0 Å². The lowest BCUT2D eigenvalue weighted by Crippen LogP contribution is -2.37. The molecule has 0 radical (unpaired) electrons. The fourth-order valence-electron chi connectivity index (χ4n) is 4.66.